The summed E-state index contributed by atoms with van der Waals surface area (Å²) in [4.78, 5) is 54.8. The summed E-state index contributed by atoms with van der Waals surface area (Å²) in [5.74, 6) is -1.80. The van der Waals surface area contributed by atoms with Crippen molar-refractivity contribution in [3.63, 3.8) is 0 Å². The molecule has 11 nitrogen and oxygen atoms in total. The first-order chi connectivity index (χ1) is 17.6. The summed E-state index contributed by atoms with van der Waals surface area (Å²) in [6.45, 7) is 3.31. The van der Waals surface area contributed by atoms with E-state index in [1.165, 1.54) is 24.6 Å². The normalized spacial score (nSPS) is 17.4. The molecule has 2 heterocycles. The standard InChI is InChI=1S/C23H28N4O6S.C2H6O/c1-14-24-10-18(34-14)22(31)27-17(12-32-3)21(30)25-11-19(28)26-16(20(29)23(2)13-33-23)9-15-7-5-4-6-8-15;1-3-2/h4-8,10,16-17H,9,11-13H2,1-3H3,(H,25,30)(H,26,28)(H,27,31);1-2H3/t16-,17?,23?;/m0./s1. The number of rotatable bonds is 12. The first-order valence-corrected chi connectivity index (χ1v) is 12.4. The first-order valence-electron chi connectivity index (χ1n) is 11.5. The van der Waals surface area contributed by atoms with E-state index in [-0.39, 0.29) is 18.9 Å². The molecule has 0 saturated carbocycles. The molecule has 1 aliphatic heterocycles. The number of epoxide rings is 1. The van der Waals surface area contributed by atoms with Crippen molar-refractivity contribution in [2.24, 2.45) is 0 Å². The summed E-state index contributed by atoms with van der Waals surface area (Å²) >= 11 is 1.20. The van der Waals surface area contributed by atoms with Crippen molar-refractivity contribution in [2.75, 3.05) is 41.1 Å². The minimum absolute atomic E-state index is 0.0816. The number of thiazole rings is 1. The smallest absolute Gasteiger partial charge is 0.263 e. The highest BCUT2D eigenvalue weighted by Crippen LogP contribution is 2.29. The molecular weight excluding hydrogens is 500 g/mol. The summed E-state index contributed by atoms with van der Waals surface area (Å²) < 4.78 is 14.5. The van der Waals surface area contributed by atoms with E-state index in [1.807, 2.05) is 30.3 Å². The van der Waals surface area contributed by atoms with Crippen molar-refractivity contribution in [3.8, 4) is 0 Å². The second-order valence-corrected chi connectivity index (χ2v) is 9.78. The number of ketones is 1. The Morgan fingerprint density at radius 3 is 2.30 bits per heavy atom. The molecule has 3 N–H and O–H groups in total. The van der Waals surface area contributed by atoms with Crippen molar-refractivity contribution < 1.29 is 33.4 Å². The molecule has 1 saturated heterocycles. The van der Waals surface area contributed by atoms with E-state index in [2.05, 4.69) is 25.7 Å². The number of ether oxygens (including phenoxy) is 3. The first kappa shape index (κ1) is 30.0. The van der Waals surface area contributed by atoms with Crippen LogP contribution in [0.2, 0.25) is 0 Å². The molecule has 202 valence electrons. The van der Waals surface area contributed by atoms with Gasteiger partial charge in [0.15, 0.2) is 5.78 Å². The van der Waals surface area contributed by atoms with Gasteiger partial charge in [0.2, 0.25) is 11.8 Å². The third-order valence-electron chi connectivity index (χ3n) is 5.26. The van der Waals surface area contributed by atoms with E-state index >= 15 is 0 Å². The lowest BCUT2D eigenvalue weighted by molar-refractivity contribution is -0.131. The number of hydrogen-bond acceptors (Lipinski definition) is 9. The molecule has 3 amide bonds. The van der Waals surface area contributed by atoms with Gasteiger partial charge in [0.1, 0.15) is 16.5 Å². The summed E-state index contributed by atoms with van der Waals surface area (Å²) in [6.07, 6.45) is 1.73. The summed E-state index contributed by atoms with van der Waals surface area (Å²) in [5, 5.41) is 8.50. The van der Waals surface area contributed by atoms with E-state index in [9.17, 15) is 19.2 Å². The van der Waals surface area contributed by atoms with E-state index < -0.39 is 35.4 Å². The third kappa shape index (κ3) is 9.65. The van der Waals surface area contributed by atoms with Gasteiger partial charge in [-0.15, -0.1) is 11.3 Å². The second-order valence-electron chi connectivity index (χ2n) is 8.54. The number of methoxy groups -OCH3 is 2. The summed E-state index contributed by atoms with van der Waals surface area (Å²) in [5.41, 5.74) is -0.0191. The minimum Gasteiger partial charge on any atom is -0.388 e. The Bertz CT molecular complexity index is 1060. The number of carbonyl (C=O) groups is 4. The van der Waals surface area contributed by atoms with Gasteiger partial charge in [-0.1, -0.05) is 30.3 Å². The SMILES string of the molecule is COC.COCC(NC(=O)c1cnc(C)s1)C(=O)NCC(=O)N[C@@H](Cc1ccccc1)C(=O)C1(C)CO1. The van der Waals surface area contributed by atoms with Crippen LogP contribution in [0.4, 0.5) is 0 Å². The second kappa shape index (κ2) is 14.5. The van der Waals surface area contributed by atoms with E-state index in [1.54, 1.807) is 28.1 Å². The molecule has 3 rings (SSSR count). The Kier molecular flexibility index (Phi) is 11.8. The molecular formula is C25H34N4O7S. The Morgan fingerprint density at radius 1 is 1.11 bits per heavy atom. The third-order valence-corrected chi connectivity index (χ3v) is 6.17. The molecule has 0 aliphatic carbocycles. The van der Waals surface area contributed by atoms with Gasteiger partial charge < -0.3 is 30.2 Å². The van der Waals surface area contributed by atoms with Crippen LogP contribution in [0.15, 0.2) is 36.5 Å². The number of carbonyl (C=O) groups excluding carboxylic acids is 4. The number of nitrogens with zero attached hydrogens (tertiary/aromatic N) is 1. The molecule has 1 aliphatic rings. The highest BCUT2D eigenvalue weighted by molar-refractivity contribution is 7.13. The lowest BCUT2D eigenvalue weighted by Crippen LogP contribution is -2.53. The van der Waals surface area contributed by atoms with Crippen LogP contribution in [0.25, 0.3) is 0 Å². The van der Waals surface area contributed by atoms with Gasteiger partial charge in [0.05, 0.1) is 37.0 Å². The van der Waals surface area contributed by atoms with Crippen molar-refractivity contribution in [1.82, 2.24) is 20.9 Å². The average molecular weight is 535 g/mol. The highest BCUT2D eigenvalue weighted by Gasteiger charge is 2.50. The van der Waals surface area contributed by atoms with Gasteiger partial charge >= 0.3 is 0 Å². The monoisotopic (exact) mass is 534 g/mol. The fraction of sp³-hybridized carbons (Fsp3) is 0.480. The van der Waals surface area contributed by atoms with Crippen molar-refractivity contribution >= 4 is 34.8 Å². The molecule has 12 heteroatoms. The van der Waals surface area contributed by atoms with Gasteiger partial charge in [-0.3, -0.25) is 19.2 Å². The number of benzene rings is 1. The molecule has 0 radical (unpaired) electrons. The number of nitrogens with one attached hydrogen (secondary N) is 3. The number of hydrogen-bond donors (Lipinski definition) is 3. The van der Waals surface area contributed by atoms with Gasteiger partial charge in [-0.05, 0) is 25.8 Å². The molecule has 1 fully saturated rings. The number of aromatic nitrogens is 1. The molecule has 2 unspecified atom stereocenters. The zero-order valence-electron chi connectivity index (χ0n) is 21.7. The topological polar surface area (TPSA) is 148 Å². The molecule has 3 atom stereocenters. The molecule has 1 aromatic carbocycles. The Hall–Kier alpha value is -3.19. The zero-order valence-corrected chi connectivity index (χ0v) is 22.5. The lowest BCUT2D eigenvalue weighted by Gasteiger charge is -2.21. The van der Waals surface area contributed by atoms with Gasteiger partial charge in [0, 0.05) is 21.3 Å². The van der Waals surface area contributed by atoms with E-state index in [0.717, 1.165) is 10.6 Å². The lowest BCUT2D eigenvalue weighted by atomic mass is 9.95. The Labute approximate surface area is 220 Å². The maximum atomic E-state index is 12.9. The van der Waals surface area contributed by atoms with E-state index in [0.29, 0.717) is 17.9 Å². The number of Topliss-reactive ketones (excluding diaryl/α,β-unsaturated/α-hetero) is 1. The fourth-order valence-electron chi connectivity index (χ4n) is 3.26. The molecule has 0 spiro atoms. The van der Waals surface area contributed by atoms with Gasteiger partial charge in [-0.25, -0.2) is 4.98 Å². The van der Waals surface area contributed by atoms with Crippen LogP contribution in [0.1, 0.15) is 27.2 Å². The Morgan fingerprint density at radius 2 is 1.76 bits per heavy atom. The van der Waals surface area contributed by atoms with Crippen LogP contribution in [0.5, 0.6) is 0 Å². The zero-order chi connectivity index (χ0) is 27.4. The summed E-state index contributed by atoms with van der Waals surface area (Å²) in [7, 11) is 4.65. The molecule has 2 aromatic rings. The largest absolute Gasteiger partial charge is 0.388 e. The van der Waals surface area contributed by atoms with Gasteiger partial charge in [-0.2, -0.15) is 0 Å². The minimum atomic E-state index is -1.01. The van der Waals surface area contributed by atoms with Crippen molar-refractivity contribution in [1.29, 1.82) is 0 Å². The van der Waals surface area contributed by atoms with Crippen LogP contribution in [-0.4, -0.2) is 87.3 Å². The predicted molar refractivity (Wildman–Crippen MR) is 137 cm³/mol. The predicted octanol–water partition coefficient (Wildman–Crippen LogP) is 0.661. The summed E-state index contributed by atoms with van der Waals surface area (Å²) in [6, 6.07) is 7.50. The maximum Gasteiger partial charge on any atom is 0.263 e. The quantitative estimate of drug-likeness (QED) is 0.337. The molecule has 0 bridgehead atoms. The highest BCUT2D eigenvalue weighted by atomic mass is 32.1. The van der Waals surface area contributed by atoms with Crippen molar-refractivity contribution in [2.45, 2.75) is 38.0 Å². The van der Waals surface area contributed by atoms with Crippen molar-refractivity contribution in [3.05, 3.63) is 52.0 Å². The molecule has 1 aromatic heterocycles. The van der Waals surface area contributed by atoms with Crippen LogP contribution in [0, 0.1) is 6.92 Å². The van der Waals surface area contributed by atoms with Crippen LogP contribution in [-0.2, 0) is 35.0 Å². The van der Waals surface area contributed by atoms with Crippen LogP contribution >= 0.6 is 11.3 Å². The maximum absolute atomic E-state index is 12.9. The van der Waals surface area contributed by atoms with Crippen LogP contribution in [0.3, 0.4) is 0 Å². The number of amides is 3. The van der Waals surface area contributed by atoms with E-state index in [4.69, 9.17) is 9.47 Å². The number of aryl methyl sites for hydroxylation is 1. The fourth-order valence-corrected chi connectivity index (χ4v) is 3.94. The Balaban J connectivity index is 0.00000153. The van der Waals surface area contributed by atoms with Crippen LogP contribution < -0.4 is 16.0 Å². The van der Waals surface area contributed by atoms with Gasteiger partial charge in [0.25, 0.3) is 5.91 Å². The average Bonchev–Trinajstić information content (AvgIpc) is 3.48. The molecule has 37 heavy (non-hydrogen) atoms.